The van der Waals surface area contributed by atoms with Crippen molar-refractivity contribution in [3.05, 3.63) is 133 Å². The molecule has 0 atom stereocenters. The maximum absolute atomic E-state index is 6.40. The van der Waals surface area contributed by atoms with Crippen LogP contribution in [0.4, 0.5) is 0 Å². The van der Waals surface area contributed by atoms with Crippen LogP contribution in [-0.4, -0.2) is 19.9 Å². The number of rotatable bonds is 4. The molecule has 4 aromatic heterocycles. The quantitative estimate of drug-likeness (QED) is 0.192. The maximum Gasteiger partial charge on any atom is 0.167 e. The Labute approximate surface area is 276 Å². The Kier molecular flexibility index (Phi) is 5.85. The van der Waals surface area contributed by atoms with Gasteiger partial charge in [-0.3, -0.25) is 0 Å². The van der Waals surface area contributed by atoms with Crippen molar-refractivity contribution in [1.29, 1.82) is 0 Å². The molecule has 0 spiro atoms. The highest BCUT2D eigenvalue weighted by Gasteiger charge is 2.20. The highest BCUT2D eigenvalue weighted by atomic mass is 32.1. The van der Waals surface area contributed by atoms with Gasteiger partial charge >= 0.3 is 0 Å². The monoisotopic (exact) mass is 638 g/mol. The van der Waals surface area contributed by atoms with E-state index in [9.17, 15) is 0 Å². The van der Waals surface area contributed by atoms with E-state index >= 15 is 0 Å². The van der Waals surface area contributed by atoms with Gasteiger partial charge in [0.2, 0.25) is 0 Å². The third-order valence-corrected chi connectivity index (χ3v) is 10.9. The van der Waals surface area contributed by atoms with E-state index in [1.807, 2.05) is 66.7 Å². The molecule has 0 amide bonds. The molecule has 10 aromatic rings. The van der Waals surface area contributed by atoms with Crippen LogP contribution in [0.25, 0.3) is 97.1 Å². The minimum atomic E-state index is 0.578. The van der Waals surface area contributed by atoms with Gasteiger partial charge in [0.05, 0.1) is 15.8 Å². The third kappa shape index (κ3) is 4.28. The normalized spacial score (nSPS) is 11.8. The summed E-state index contributed by atoms with van der Waals surface area (Å²) in [4.78, 5) is 20.2. The molecule has 0 saturated heterocycles. The van der Waals surface area contributed by atoms with Crippen LogP contribution >= 0.6 is 22.7 Å². The molecule has 0 radical (unpaired) electrons. The van der Waals surface area contributed by atoms with Crippen molar-refractivity contribution in [3.63, 3.8) is 0 Å². The number of para-hydroxylation sites is 2. The van der Waals surface area contributed by atoms with E-state index in [-0.39, 0.29) is 0 Å². The van der Waals surface area contributed by atoms with Gasteiger partial charge in [-0.25, -0.2) is 19.9 Å². The second kappa shape index (κ2) is 10.4. The molecule has 0 unspecified atom stereocenters. The number of hydrogen-bond acceptors (Lipinski definition) is 7. The molecule has 6 aromatic carbocycles. The topological polar surface area (TPSA) is 64.7 Å². The van der Waals surface area contributed by atoms with Gasteiger partial charge in [0, 0.05) is 47.6 Å². The SMILES string of the molecule is c1ccc(-c2nc(-c3cccc4c3oc3ccccc34)nc(-c3cccc4c3sc3cc5nc(-c6ccccc6)sc5cc34)n2)cc1. The van der Waals surface area contributed by atoms with Crippen LogP contribution in [0.2, 0.25) is 0 Å². The zero-order chi connectivity index (χ0) is 30.9. The second-order valence-electron chi connectivity index (χ2n) is 11.4. The van der Waals surface area contributed by atoms with Crippen molar-refractivity contribution >= 4 is 75.0 Å². The molecular weight excluding hydrogens is 617 g/mol. The summed E-state index contributed by atoms with van der Waals surface area (Å²) in [5, 5.41) is 5.54. The molecule has 10 rings (SSSR count). The molecule has 0 aliphatic carbocycles. The van der Waals surface area contributed by atoms with Gasteiger partial charge < -0.3 is 4.42 Å². The lowest BCUT2D eigenvalue weighted by Gasteiger charge is -2.09. The van der Waals surface area contributed by atoms with Crippen LogP contribution in [0.3, 0.4) is 0 Å². The summed E-state index contributed by atoms with van der Waals surface area (Å²) >= 11 is 3.49. The van der Waals surface area contributed by atoms with Crippen LogP contribution in [-0.2, 0) is 0 Å². The number of benzene rings is 6. The fraction of sp³-hybridized carbons (Fsp3) is 0. The fourth-order valence-electron chi connectivity index (χ4n) is 6.36. The van der Waals surface area contributed by atoms with Gasteiger partial charge in [-0.15, -0.1) is 22.7 Å². The Morgan fingerprint density at radius 1 is 0.447 bits per heavy atom. The van der Waals surface area contributed by atoms with E-state index < -0.39 is 0 Å². The lowest BCUT2D eigenvalue weighted by molar-refractivity contribution is 0.669. The third-order valence-electron chi connectivity index (χ3n) is 8.58. The Morgan fingerprint density at radius 2 is 1.11 bits per heavy atom. The van der Waals surface area contributed by atoms with Crippen molar-refractivity contribution < 1.29 is 4.42 Å². The van der Waals surface area contributed by atoms with Crippen LogP contribution in [0.5, 0.6) is 0 Å². The zero-order valence-electron chi connectivity index (χ0n) is 24.7. The maximum atomic E-state index is 6.40. The number of hydrogen-bond donors (Lipinski definition) is 0. The van der Waals surface area contributed by atoms with Crippen molar-refractivity contribution in [2.75, 3.05) is 0 Å². The molecule has 0 aliphatic heterocycles. The standard InChI is InChI=1S/C40H22N4OS2/c1-3-11-23(12-4-1)37-42-38(28-18-9-16-26-25-15-7-8-20-32(25)45-35(26)28)44-39(43-37)29-19-10-17-27-30-21-34-31(22-33(30)46-36(27)29)41-40(47-34)24-13-5-2-6-14-24/h1-22H. The van der Waals surface area contributed by atoms with E-state index in [2.05, 4.69) is 66.7 Å². The minimum absolute atomic E-state index is 0.578. The van der Waals surface area contributed by atoms with Gasteiger partial charge in [0.25, 0.3) is 0 Å². The first kappa shape index (κ1) is 26.5. The second-order valence-corrected chi connectivity index (χ2v) is 13.5. The number of thiazole rings is 1. The Hall–Kier alpha value is -5.76. The predicted octanol–water partition coefficient (Wildman–Crippen LogP) is 11.4. The van der Waals surface area contributed by atoms with E-state index in [0.717, 1.165) is 59.4 Å². The highest BCUT2D eigenvalue weighted by molar-refractivity contribution is 7.26. The van der Waals surface area contributed by atoms with E-state index in [0.29, 0.717) is 17.5 Å². The van der Waals surface area contributed by atoms with Crippen LogP contribution < -0.4 is 0 Å². The van der Waals surface area contributed by atoms with Crippen molar-refractivity contribution in [3.8, 4) is 44.7 Å². The first-order valence-electron chi connectivity index (χ1n) is 15.3. The first-order chi connectivity index (χ1) is 23.3. The Balaban J connectivity index is 1.19. The number of aromatic nitrogens is 4. The molecule has 0 bridgehead atoms. The Bertz CT molecular complexity index is 2800. The molecule has 5 nitrogen and oxygen atoms in total. The van der Waals surface area contributed by atoms with Gasteiger partial charge in [0.15, 0.2) is 17.5 Å². The van der Waals surface area contributed by atoms with Crippen molar-refractivity contribution in [2.45, 2.75) is 0 Å². The summed E-state index contributed by atoms with van der Waals surface area (Å²) in [5.74, 6) is 1.83. The molecule has 0 N–H and O–H groups in total. The first-order valence-corrected chi connectivity index (χ1v) is 16.9. The molecule has 0 aliphatic rings. The van der Waals surface area contributed by atoms with Crippen LogP contribution in [0.1, 0.15) is 0 Å². The number of thiophene rings is 1. The lowest BCUT2D eigenvalue weighted by atomic mass is 10.1. The highest BCUT2D eigenvalue weighted by Crippen LogP contribution is 2.43. The molecule has 4 heterocycles. The number of nitrogens with zero attached hydrogens (tertiary/aromatic N) is 4. The Morgan fingerprint density at radius 3 is 1.94 bits per heavy atom. The van der Waals surface area contributed by atoms with E-state index in [1.165, 1.54) is 20.2 Å². The van der Waals surface area contributed by atoms with Crippen LogP contribution in [0.15, 0.2) is 138 Å². The smallest absolute Gasteiger partial charge is 0.167 e. The van der Waals surface area contributed by atoms with Crippen molar-refractivity contribution in [2.24, 2.45) is 0 Å². The molecule has 0 saturated carbocycles. The van der Waals surface area contributed by atoms with Gasteiger partial charge in [-0.05, 0) is 30.3 Å². The summed E-state index contributed by atoms with van der Waals surface area (Å²) < 4.78 is 9.91. The summed E-state index contributed by atoms with van der Waals surface area (Å²) in [6, 6.07) is 45.7. The average Bonchev–Trinajstić information content (AvgIpc) is 3.84. The molecule has 7 heteroatoms. The largest absolute Gasteiger partial charge is 0.455 e. The summed E-state index contributed by atoms with van der Waals surface area (Å²) in [6.07, 6.45) is 0. The van der Waals surface area contributed by atoms with Crippen molar-refractivity contribution in [1.82, 2.24) is 19.9 Å². The predicted molar refractivity (Wildman–Crippen MR) is 195 cm³/mol. The lowest BCUT2D eigenvalue weighted by Crippen LogP contribution is -2.00. The van der Waals surface area contributed by atoms with E-state index in [4.69, 9.17) is 24.4 Å². The summed E-state index contributed by atoms with van der Waals surface area (Å²) in [5.41, 5.74) is 6.51. The number of fused-ring (bicyclic) bond motifs is 7. The molecule has 47 heavy (non-hydrogen) atoms. The van der Waals surface area contributed by atoms with Gasteiger partial charge in [0.1, 0.15) is 16.2 Å². The van der Waals surface area contributed by atoms with Crippen LogP contribution in [0, 0.1) is 0 Å². The average molecular weight is 639 g/mol. The minimum Gasteiger partial charge on any atom is -0.455 e. The molecule has 220 valence electrons. The van der Waals surface area contributed by atoms with E-state index in [1.54, 1.807) is 22.7 Å². The molecular formula is C40H22N4OS2. The fourth-order valence-corrected chi connectivity index (χ4v) is 8.57. The summed E-state index contributed by atoms with van der Waals surface area (Å²) in [7, 11) is 0. The number of furan rings is 1. The molecule has 0 fully saturated rings. The summed E-state index contributed by atoms with van der Waals surface area (Å²) in [6.45, 7) is 0. The zero-order valence-corrected chi connectivity index (χ0v) is 26.3. The van der Waals surface area contributed by atoms with Gasteiger partial charge in [-0.2, -0.15) is 0 Å². The van der Waals surface area contributed by atoms with Gasteiger partial charge in [-0.1, -0.05) is 103 Å².